The van der Waals surface area contributed by atoms with Crippen LogP contribution in [0.25, 0.3) is 11.3 Å². The highest BCUT2D eigenvalue weighted by atomic mass is 35.5. The summed E-state index contributed by atoms with van der Waals surface area (Å²) in [5.41, 5.74) is 7.80. The van der Waals surface area contributed by atoms with Gasteiger partial charge in [-0.3, -0.25) is 24.7 Å². The number of hydrogen-bond acceptors (Lipinski definition) is 5. The molecule has 1 saturated heterocycles. The van der Waals surface area contributed by atoms with Gasteiger partial charge in [-0.15, -0.1) is 0 Å². The number of hydrogen-bond donors (Lipinski definition) is 2. The Morgan fingerprint density at radius 2 is 2.18 bits per heavy atom. The van der Waals surface area contributed by atoms with Crippen LogP contribution in [0.3, 0.4) is 0 Å². The number of rotatable bonds is 5. The van der Waals surface area contributed by atoms with E-state index < -0.39 is 0 Å². The largest absolute Gasteiger partial charge is 0.493 e. The van der Waals surface area contributed by atoms with Crippen LogP contribution in [0.15, 0.2) is 55.4 Å². The van der Waals surface area contributed by atoms with Crippen molar-refractivity contribution in [3.63, 3.8) is 0 Å². The van der Waals surface area contributed by atoms with Crippen molar-refractivity contribution in [2.75, 3.05) is 19.1 Å². The Morgan fingerprint density at radius 1 is 1.32 bits per heavy atom. The van der Waals surface area contributed by atoms with Crippen molar-refractivity contribution in [3.05, 3.63) is 77.2 Å². The molecule has 2 N–H and O–H groups in total. The SMILES string of the molecule is C=CC(=O)N1[C@@H]2C[C@@H]2C[C@@H]1C#Cc1cnccc1-c1cc2c(n1Nc1cccc(Cl)c1OC)CCNC2=O. The molecule has 2 aromatic heterocycles. The molecule has 4 heterocycles. The second-order valence-corrected chi connectivity index (χ2v) is 10.0. The quantitative estimate of drug-likeness (QED) is 0.388. The lowest BCUT2D eigenvalue weighted by Gasteiger charge is -2.22. The van der Waals surface area contributed by atoms with Crippen molar-refractivity contribution in [1.82, 2.24) is 19.9 Å². The zero-order valence-corrected chi connectivity index (χ0v) is 21.6. The van der Waals surface area contributed by atoms with Crippen molar-refractivity contribution < 1.29 is 14.3 Å². The smallest absolute Gasteiger partial charge is 0.253 e. The molecule has 2 fully saturated rings. The van der Waals surface area contributed by atoms with Crippen molar-refractivity contribution in [2.24, 2.45) is 5.92 Å². The monoisotopic (exact) mass is 527 g/mol. The minimum atomic E-state index is -0.156. The zero-order chi connectivity index (χ0) is 26.4. The van der Waals surface area contributed by atoms with Gasteiger partial charge in [0, 0.05) is 37.0 Å². The Kier molecular flexibility index (Phi) is 6.09. The molecule has 9 heteroatoms. The molecule has 1 aromatic carbocycles. The van der Waals surface area contributed by atoms with Gasteiger partial charge in [-0.05, 0) is 49.1 Å². The van der Waals surface area contributed by atoms with Gasteiger partial charge in [0.1, 0.15) is 0 Å². The van der Waals surface area contributed by atoms with Crippen molar-refractivity contribution >= 4 is 29.1 Å². The van der Waals surface area contributed by atoms with E-state index >= 15 is 0 Å². The first kappa shape index (κ1) is 24.1. The molecule has 0 radical (unpaired) electrons. The van der Waals surface area contributed by atoms with E-state index in [-0.39, 0.29) is 23.9 Å². The van der Waals surface area contributed by atoms with E-state index in [2.05, 4.69) is 34.1 Å². The third-order valence-corrected chi connectivity index (χ3v) is 7.70. The van der Waals surface area contributed by atoms with Gasteiger partial charge < -0.3 is 15.0 Å². The normalized spacial score (nSPS) is 20.9. The Bertz CT molecular complexity index is 1530. The Labute approximate surface area is 225 Å². The topological polar surface area (TPSA) is 88.5 Å². The van der Waals surface area contributed by atoms with E-state index in [1.54, 1.807) is 25.6 Å². The number of nitrogens with zero attached hydrogens (tertiary/aromatic N) is 3. The molecular weight excluding hydrogens is 502 g/mol. The second kappa shape index (κ2) is 9.58. The fourth-order valence-corrected chi connectivity index (χ4v) is 5.77. The van der Waals surface area contributed by atoms with Crippen LogP contribution >= 0.6 is 11.6 Å². The fraction of sp³-hybridized carbons (Fsp3) is 0.276. The number of methoxy groups -OCH3 is 1. The number of benzene rings is 1. The van der Waals surface area contributed by atoms with Crippen molar-refractivity contribution in [3.8, 4) is 28.8 Å². The number of carbonyl (C=O) groups is 2. The summed E-state index contributed by atoms with van der Waals surface area (Å²) in [7, 11) is 1.57. The second-order valence-electron chi connectivity index (χ2n) is 9.62. The third-order valence-electron chi connectivity index (χ3n) is 7.40. The number of halogens is 1. The van der Waals surface area contributed by atoms with Gasteiger partial charge in [0.15, 0.2) is 5.75 Å². The number of pyridine rings is 1. The van der Waals surface area contributed by atoms with Gasteiger partial charge in [0.05, 0.1) is 46.4 Å². The Hall–Kier alpha value is -4.22. The van der Waals surface area contributed by atoms with E-state index in [4.69, 9.17) is 16.3 Å². The highest BCUT2D eigenvalue weighted by Crippen LogP contribution is 2.47. The van der Waals surface area contributed by atoms with Crippen LogP contribution in [0.5, 0.6) is 5.75 Å². The van der Waals surface area contributed by atoms with Crippen LogP contribution < -0.4 is 15.5 Å². The summed E-state index contributed by atoms with van der Waals surface area (Å²) in [4.78, 5) is 31.4. The summed E-state index contributed by atoms with van der Waals surface area (Å²) in [5.74, 6) is 7.43. The standard InChI is InChI=1S/C29H26ClN5O3/c1-3-27(36)34-19(13-18-14-25(18)34)8-7-17-16-31-11-9-20(17)26-15-21-24(10-12-32-29(21)37)35(26)33-23-6-4-5-22(30)28(23)38-2/h3-6,9,11,15-16,18-19,25,33H,1,10,12-14H2,2H3,(H,32,37)/t18-,19-,25+/m0/s1. The van der Waals surface area contributed by atoms with Crippen LogP contribution in [0.2, 0.25) is 5.02 Å². The van der Waals surface area contributed by atoms with Gasteiger partial charge in [-0.25, -0.2) is 0 Å². The van der Waals surface area contributed by atoms with Gasteiger partial charge in [-0.1, -0.05) is 36.1 Å². The molecule has 38 heavy (non-hydrogen) atoms. The maximum atomic E-state index is 12.8. The van der Waals surface area contributed by atoms with E-state index in [0.29, 0.717) is 46.5 Å². The number of fused-ring (bicyclic) bond motifs is 2. The van der Waals surface area contributed by atoms with E-state index in [0.717, 1.165) is 29.8 Å². The Morgan fingerprint density at radius 3 is 3.00 bits per heavy atom. The number of ether oxygens (including phenoxy) is 1. The van der Waals surface area contributed by atoms with Crippen LogP contribution in [0, 0.1) is 17.8 Å². The molecule has 2 aliphatic heterocycles. The third kappa shape index (κ3) is 4.09. The summed E-state index contributed by atoms with van der Waals surface area (Å²) in [6, 6.07) is 9.33. The number of piperidine rings is 1. The summed E-state index contributed by atoms with van der Waals surface area (Å²) < 4.78 is 7.45. The van der Waals surface area contributed by atoms with Gasteiger partial charge in [0.25, 0.3) is 5.91 Å². The highest BCUT2D eigenvalue weighted by Gasteiger charge is 2.53. The van der Waals surface area contributed by atoms with Crippen LogP contribution in [0.1, 0.15) is 34.5 Å². The summed E-state index contributed by atoms with van der Waals surface area (Å²) in [5, 5.41) is 3.39. The predicted molar refractivity (Wildman–Crippen MR) is 145 cm³/mol. The maximum Gasteiger partial charge on any atom is 0.253 e. The molecule has 1 aliphatic carbocycles. The summed E-state index contributed by atoms with van der Waals surface area (Å²) in [6.45, 7) is 4.19. The molecule has 1 saturated carbocycles. The molecule has 0 spiro atoms. The van der Waals surface area contributed by atoms with E-state index in [9.17, 15) is 9.59 Å². The molecule has 8 nitrogen and oxygen atoms in total. The molecule has 3 aromatic rings. The molecule has 3 aliphatic rings. The summed E-state index contributed by atoms with van der Waals surface area (Å²) in [6.07, 6.45) is 7.34. The molecule has 3 atom stereocenters. The van der Waals surface area contributed by atoms with Crippen molar-refractivity contribution in [1.29, 1.82) is 0 Å². The zero-order valence-electron chi connectivity index (χ0n) is 20.8. The predicted octanol–water partition coefficient (Wildman–Crippen LogP) is 3.90. The van der Waals surface area contributed by atoms with Gasteiger partial charge in [0.2, 0.25) is 5.91 Å². The van der Waals surface area contributed by atoms with Gasteiger partial charge >= 0.3 is 0 Å². The minimum Gasteiger partial charge on any atom is -0.493 e. The van der Waals surface area contributed by atoms with E-state index in [1.807, 2.05) is 33.8 Å². The lowest BCUT2D eigenvalue weighted by atomic mass is 10.1. The number of amides is 2. The molecule has 0 bridgehead atoms. The van der Waals surface area contributed by atoms with Crippen LogP contribution in [-0.4, -0.2) is 52.1 Å². The highest BCUT2D eigenvalue weighted by molar-refractivity contribution is 6.32. The minimum absolute atomic E-state index is 0.0760. The number of anilines is 1. The molecule has 0 unspecified atom stereocenters. The van der Waals surface area contributed by atoms with Crippen LogP contribution in [0.4, 0.5) is 5.69 Å². The number of aromatic nitrogens is 2. The van der Waals surface area contributed by atoms with E-state index in [1.165, 1.54) is 6.08 Å². The first-order chi connectivity index (χ1) is 18.5. The number of nitrogens with one attached hydrogen (secondary N) is 2. The lowest BCUT2D eigenvalue weighted by Crippen LogP contribution is -2.36. The van der Waals surface area contributed by atoms with Crippen molar-refractivity contribution in [2.45, 2.75) is 31.3 Å². The maximum absolute atomic E-state index is 12.8. The number of carbonyl (C=O) groups excluding carboxylic acids is 2. The molecule has 6 rings (SSSR count). The van der Waals surface area contributed by atoms with Crippen LogP contribution in [-0.2, 0) is 11.2 Å². The average molecular weight is 528 g/mol. The Balaban J connectivity index is 1.43. The number of para-hydroxylation sites is 1. The first-order valence-electron chi connectivity index (χ1n) is 12.5. The fourth-order valence-electron chi connectivity index (χ4n) is 5.52. The van der Waals surface area contributed by atoms with Gasteiger partial charge in [-0.2, -0.15) is 0 Å². The summed E-state index contributed by atoms with van der Waals surface area (Å²) >= 11 is 6.38. The molecule has 2 amide bonds. The first-order valence-corrected chi connectivity index (χ1v) is 12.9. The molecule has 192 valence electrons. The number of likely N-dealkylation sites (tertiary alicyclic amines) is 1. The lowest BCUT2D eigenvalue weighted by molar-refractivity contribution is -0.126. The average Bonchev–Trinajstić information content (AvgIpc) is 3.44. The molecular formula is C29H26ClN5O3.